The number of thioether (sulfide) groups is 1. The van der Waals surface area contributed by atoms with E-state index in [9.17, 15) is 5.11 Å². The molecular formula is C20H21Br2N2O3S+. The van der Waals surface area contributed by atoms with Crippen LogP contribution in [0.5, 0.6) is 11.5 Å². The highest BCUT2D eigenvalue weighted by atomic mass is 79.9. The van der Waals surface area contributed by atoms with Crippen LogP contribution in [0.3, 0.4) is 0 Å². The number of hydrogen-bond acceptors (Lipinski definition) is 5. The second-order valence-electron chi connectivity index (χ2n) is 6.70. The molecule has 2 aliphatic rings. The fraction of sp³-hybridized carbons (Fsp3) is 0.350. The van der Waals surface area contributed by atoms with Crippen LogP contribution in [0.2, 0.25) is 0 Å². The highest BCUT2D eigenvalue weighted by Gasteiger charge is 2.54. The van der Waals surface area contributed by atoms with Gasteiger partial charge in [-0.05, 0) is 64.4 Å². The van der Waals surface area contributed by atoms with Gasteiger partial charge < -0.3 is 14.6 Å². The summed E-state index contributed by atoms with van der Waals surface area (Å²) in [6.45, 7) is 1.21. The molecule has 0 amide bonds. The van der Waals surface area contributed by atoms with E-state index in [2.05, 4.69) is 53.5 Å². The number of aliphatic hydroxyl groups is 1. The summed E-state index contributed by atoms with van der Waals surface area (Å²) < 4.78 is 14.9. The number of halogens is 2. The number of anilines is 1. The van der Waals surface area contributed by atoms with Crippen LogP contribution in [0.25, 0.3) is 0 Å². The lowest BCUT2D eigenvalue weighted by Gasteiger charge is -2.26. The van der Waals surface area contributed by atoms with Crippen LogP contribution in [-0.4, -0.2) is 47.9 Å². The first-order valence-corrected chi connectivity index (χ1v) is 11.5. The lowest BCUT2D eigenvalue weighted by atomic mass is 10.0. The first-order chi connectivity index (χ1) is 13.5. The number of rotatable bonds is 4. The Labute approximate surface area is 185 Å². The third-order valence-corrected chi connectivity index (χ3v) is 7.43. The topological polar surface area (TPSA) is 44.9 Å². The Morgan fingerprint density at radius 1 is 1.11 bits per heavy atom. The first kappa shape index (κ1) is 20.1. The zero-order valence-corrected chi connectivity index (χ0v) is 19.6. The summed E-state index contributed by atoms with van der Waals surface area (Å²) in [7, 11) is 3.23. The summed E-state index contributed by atoms with van der Waals surface area (Å²) in [4.78, 5) is 2.19. The molecule has 0 bridgehead atoms. The molecule has 0 radical (unpaired) electrons. The van der Waals surface area contributed by atoms with Crippen molar-refractivity contribution < 1.29 is 19.2 Å². The molecule has 0 fully saturated rings. The average Bonchev–Trinajstić information content (AvgIpc) is 3.02. The molecule has 1 unspecified atom stereocenters. The lowest BCUT2D eigenvalue weighted by molar-refractivity contribution is -0.656. The van der Waals surface area contributed by atoms with E-state index in [0.29, 0.717) is 18.0 Å². The summed E-state index contributed by atoms with van der Waals surface area (Å²) in [5.74, 6) is 2.32. The Hall–Kier alpha value is -1.22. The molecule has 5 nitrogen and oxygen atoms in total. The van der Waals surface area contributed by atoms with Crippen molar-refractivity contribution in [3.05, 3.63) is 50.9 Å². The van der Waals surface area contributed by atoms with Gasteiger partial charge in [0.1, 0.15) is 17.2 Å². The largest absolute Gasteiger partial charge is 0.496 e. The quantitative estimate of drug-likeness (QED) is 0.596. The molecule has 2 heterocycles. The van der Waals surface area contributed by atoms with E-state index < -0.39 is 5.72 Å². The molecular weight excluding hydrogens is 508 g/mol. The molecule has 148 valence electrons. The normalized spacial score (nSPS) is 21.7. The van der Waals surface area contributed by atoms with Gasteiger partial charge in [-0.25, -0.2) is 9.48 Å². The standard InChI is InChI=1S/C20H21Br2N2O3S/c1-26-17-11-18(27-2)16(22)10-15(17)20(25)12-23(14-6-4-13(21)5-7-14)19-24(20)8-3-9-28-19/h4-7,10-11,25H,3,8-9,12H2,1-2H3/q+1. The Kier molecular flexibility index (Phi) is 5.66. The number of nitrogens with zero attached hydrogens (tertiary/aromatic N) is 2. The van der Waals surface area contributed by atoms with Crippen LogP contribution in [0.1, 0.15) is 12.0 Å². The fourth-order valence-corrected chi connectivity index (χ4v) is 5.68. The molecule has 0 saturated carbocycles. The Morgan fingerprint density at radius 3 is 2.50 bits per heavy atom. The van der Waals surface area contributed by atoms with Gasteiger partial charge in [-0.2, -0.15) is 0 Å². The van der Waals surface area contributed by atoms with Crippen LogP contribution >= 0.6 is 43.6 Å². The van der Waals surface area contributed by atoms with Gasteiger partial charge in [-0.15, -0.1) is 0 Å². The summed E-state index contributed by atoms with van der Waals surface area (Å²) in [6.07, 6.45) is 1.02. The van der Waals surface area contributed by atoms with Crippen LogP contribution < -0.4 is 14.4 Å². The van der Waals surface area contributed by atoms with Crippen molar-refractivity contribution in [3.63, 3.8) is 0 Å². The van der Waals surface area contributed by atoms with E-state index in [-0.39, 0.29) is 0 Å². The minimum absolute atomic E-state index is 0.423. The first-order valence-electron chi connectivity index (χ1n) is 8.93. The van der Waals surface area contributed by atoms with Crippen molar-refractivity contribution in [2.75, 3.05) is 38.0 Å². The summed E-state index contributed by atoms with van der Waals surface area (Å²) in [6, 6.07) is 11.9. The van der Waals surface area contributed by atoms with Gasteiger partial charge in [-0.1, -0.05) is 15.9 Å². The Bertz CT molecular complexity index is 936. The summed E-state index contributed by atoms with van der Waals surface area (Å²) in [5.41, 5.74) is 0.582. The van der Waals surface area contributed by atoms with Crippen LogP contribution in [0.15, 0.2) is 45.3 Å². The maximum absolute atomic E-state index is 11.9. The molecule has 2 aromatic carbocycles. The molecule has 0 aromatic heterocycles. The van der Waals surface area contributed by atoms with Gasteiger partial charge in [-0.3, -0.25) is 0 Å². The van der Waals surface area contributed by atoms with E-state index in [1.54, 1.807) is 26.0 Å². The predicted octanol–water partition coefficient (Wildman–Crippen LogP) is 4.40. The van der Waals surface area contributed by atoms with Crippen LogP contribution in [0, 0.1) is 0 Å². The number of benzene rings is 2. The van der Waals surface area contributed by atoms with Gasteiger partial charge in [0.2, 0.25) is 0 Å². The van der Waals surface area contributed by atoms with E-state index in [1.807, 2.05) is 24.3 Å². The second kappa shape index (κ2) is 7.89. The van der Waals surface area contributed by atoms with Gasteiger partial charge in [0, 0.05) is 16.3 Å². The molecule has 8 heteroatoms. The molecule has 0 spiro atoms. The van der Waals surface area contributed by atoms with Crippen molar-refractivity contribution in [3.8, 4) is 11.5 Å². The van der Waals surface area contributed by atoms with Gasteiger partial charge in [0.25, 0.3) is 5.72 Å². The Balaban J connectivity index is 1.84. The minimum Gasteiger partial charge on any atom is -0.496 e. The molecule has 2 aliphatic heterocycles. The van der Waals surface area contributed by atoms with Crippen molar-refractivity contribution >= 4 is 54.5 Å². The van der Waals surface area contributed by atoms with Crippen molar-refractivity contribution in [1.29, 1.82) is 0 Å². The van der Waals surface area contributed by atoms with Gasteiger partial charge in [0.15, 0.2) is 6.54 Å². The maximum Gasteiger partial charge on any atom is 0.316 e. The predicted molar refractivity (Wildman–Crippen MR) is 120 cm³/mol. The highest BCUT2D eigenvalue weighted by Crippen LogP contribution is 2.44. The minimum atomic E-state index is -1.20. The van der Waals surface area contributed by atoms with Gasteiger partial charge in [0.05, 0.1) is 30.8 Å². The zero-order valence-electron chi connectivity index (χ0n) is 15.6. The van der Waals surface area contributed by atoms with Crippen LogP contribution in [-0.2, 0) is 5.72 Å². The smallest absolute Gasteiger partial charge is 0.316 e. The monoisotopic (exact) mass is 527 g/mol. The summed E-state index contributed by atoms with van der Waals surface area (Å²) in [5, 5.41) is 13.0. The van der Waals surface area contributed by atoms with Crippen molar-refractivity contribution in [1.82, 2.24) is 0 Å². The maximum atomic E-state index is 11.9. The molecule has 2 aromatic rings. The van der Waals surface area contributed by atoms with Crippen LogP contribution in [0.4, 0.5) is 5.69 Å². The fourth-order valence-electron chi connectivity index (χ4n) is 3.73. The molecule has 1 atom stereocenters. The highest BCUT2D eigenvalue weighted by molar-refractivity contribution is 9.10. The molecule has 1 N–H and O–H groups in total. The number of ether oxygens (including phenoxy) is 2. The second-order valence-corrected chi connectivity index (χ2v) is 9.53. The SMILES string of the molecule is COc1cc(OC)c(C2(O)CN(c3ccc(Br)cc3)C3=[N+]2CCCS3)cc1Br. The third-order valence-electron chi connectivity index (χ3n) is 5.09. The summed E-state index contributed by atoms with van der Waals surface area (Å²) >= 11 is 8.84. The number of amidine groups is 1. The average molecular weight is 529 g/mol. The lowest BCUT2D eigenvalue weighted by Crippen LogP contribution is -2.42. The molecule has 0 saturated heterocycles. The van der Waals surface area contributed by atoms with E-state index in [4.69, 9.17) is 9.47 Å². The van der Waals surface area contributed by atoms with Gasteiger partial charge >= 0.3 is 5.17 Å². The number of β-amino-alcohol motifs (C(OH)–C–C–N with tert-alkyl or cyclic N) is 1. The Morgan fingerprint density at radius 2 is 1.82 bits per heavy atom. The van der Waals surface area contributed by atoms with E-state index in [1.165, 1.54) is 0 Å². The van der Waals surface area contributed by atoms with Crippen molar-refractivity contribution in [2.45, 2.75) is 12.1 Å². The molecule has 28 heavy (non-hydrogen) atoms. The zero-order chi connectivity index (χ0) is 19.9. The van der Waals surface area contributed by atoms with Crippen molar-refractivity contribution in [2.24, 2.45) is 0 Å². The molecule has 4 rings (SSSR count). The molecule has 0 aliphatic carbocycles. The number of hydrogen-bond donors (Lipinski definition) is 1. The van der Waals surface area contributed by atoms with E-state index in [0.717, 1.165) is 44.1 Å². The number of methoxy groups -OCH3 is 2. The third kappa shape index (κ3) is 3.34. The van der Waals surface area contributed by atoms with E-state index >= 15 is 0 Å².